The maximum absolute atomic E-state index is 12.5. The Balaban J connectivity index is 5.14. The van der Waals surface area contributed by atoms with Crippen LogP contribution in [0, 0.1) is 5.41 Å². The summed E-state index contributed by atoms with van der Waals surface area (Å²) in [6.07, 6.45) is 6.79. The van der Waals surface area contributed by atoms with Crippen LogP contribution in [-0.2, 0) is 19.1 Å². The highest BCUT2D eigenvalue weighted by Crippen LogP contribution is 2.34. The topological polar surface area (TPSA) is 52.6 Å². The van der Waals surface area contributed by atoms with E-state index in [9.17, 15) is 9.59 Å². The zero-order valence-electron chi connectivity index (χ0n) is 13.8. The van der Waals surface area contributed by atoms with Gasteiger partial charge in [-0.15, -0.1) is 0 Å². The van der Waals surface area contributed by atoms with Crippen LogP contribution in [0.5, 0.6) is 0 Å². The molecule has 0 aromatic heterocycles. The van der Waals surface area contributed by atoms with Crippen LogP contribution in [0.1, 0.15) is 65.7 Å². The first-order valence-corrected chi connectivity index (χ1v) is 8.04. The van der Waals surface area contributed by atoms with Crippen molar-refractivity contribution in [3.8, 4) is 0 Å². The van der Waals surface area contributed by atoms with Crippen LogP contribution >= 0.6 is 0 Å². The molecule has 0 spiro atoms. The van der Waals surface area contributed by atoms with Crippen molar-refractivity contribution < 1.29 is 19.1 Å². The highest BCUT2D eigenvalue weighted by molar-refractivity contribution is 6.00. The van der Waals surface area contributed by atoms with Crippen LogP contribution in [0.15, 0.2) is 12.7 Å². The maximum Gasteiger partial charge on any atom is 0.323 e. The van der Waals surface area contributed by atoms with Crippen molar-refractivity contribution >= 4 is 11.9 Å². The number of hydrogen-bond acceptors (Lipinski definition) is 4. The minimum absolute atomic E-state index is 0.124. The molecule has 0 aromatic rings. The Morgan fingerprint density at radius 3 is 2.14 bits per heavy atom. The first-order chi connectivity index (χ1) is 10.1. The first-order valence-electron chi connectivity index (χ1n) is 8.04. The van der Waals surface area contributed by atoms with Gasteiger partial charge in [-0.05, 0) is 19.3 Å². The van der Waals surface area contributed by atoms with E-state index >= 15 is 0 Å². The molecular formula is C17H30O4. The molecule has 4 nitrogen and oxygen atoms in total. The molecule has 1 atom stereocenters. The second kappa shape index (κ2) is 11.4. The van der Waals surface area contributed by atoms with Crippen LogP contribution in [0.2, 0.25) is 0 Å². The molecule has 0 N–H and O–H groups in total. The zero-order valence-corrected chi connectivity index (χ0v) is 13.8. The Bertz CT molecular complexity index is 325. The molecule has 0 saturated carbocycles. The van der Waals surface area contributed by atoms with Crippen molar-refractivity contribution in [3.05, 3.63) is 12.7 Å². The van der Waals surface area contributed by atoms with Gasteiger partial charge in [-0.1, -0.05) is 59.1 Å². The third kappa shape index (κ3) is 6.32. The van der Waals surface area contributed by atoms with Crippen LogP contribution in [0.25, 0.3) is 0 Å². The standard InChI is InChI=1S/C17H30O4/c1-5-9-10-12-17(11-6-2,15(18)20-13-7-3)16(19)21-14-8-4/h7H,3,5-6,8-14H2,1-2,4H3. The van der Waals surface area contributed by atoms with E-state index in [4.69, 9.17) is 9.47 Å². The Labute approximate surface area is 128 Å². The lowest BCUT2D eigenvalue weighted by molar-refractivity contribution is -0.173. The number of esters is 2. The van der Waals surface area contributed by atoms with Crippen molar-refractivity contribution in [1.29, 1.82) is 0 Å². The highest BCUT2D eigenvalue weighted by atomic mass is 16.6. The molecule has 0 heterocycles. The predicted octanol–water partition coefficient (Wildman–Crippen LogP) is 4.04. The van der Waals surface area contributed by atoms with Gasteiger partial charge in [0.1, 0.15) is 6.61 Å². The third-order valence-corrected chi connectivity index (χ3v) is 3.43. The number of carbonyl (C=O) groups is 2. The number of hydrogen-bond donors (Lipinski definition) is 0. The van der Waals surface area contributed by atoms with Gasteiger partial charge in [0.2, 0.25) is 0 Å². The van der Waals surface area contributed by atoms with Crippen LogP contribution < -0.4 is 0 Å². The molecule has 0 aromatic carbocycles. The number of ether oxygens (including phenoxy) is 2. The Morgan fingerprint density at radius 2 is 1.62 bits per heavy atom. The van der Waals surface area contributed by atoms with Gasteiger partial charge in [-0.3, -0.25) is 9.59 Å². The van der Waals surface area contributed by atoms with E-state index < -0.39 is 17.4 Å². The Morgan fingerprint density at radius 1 is 0.952 bits per heavy atom. The fraction of sp³-hybridized carbons (Fsp3) is 0.765. The Kier molecular flexibility index (Phi) is 10.6. The molecule has 0 amide bonds. The lowest BCUT2D eigenvalue weighted by atomic mass is 9.78. The number of unbranched alkanes of at least 4 members (excludes halogenated alkanes) is 2. The second-order valence-corrected chi connectivity index (χ2v) is 5.31. The summed E-state index contributed by atoms with van der Waals surface area (Å²) in [5.41, 5.74) is -1.15. The van der Waals surface area contributed by atoms with Gasteiger partial charge in [0.05, 0.1) is 6.61 Å². The van der Waals surface area contributed by atoms with Gasteiger partial charge < -0.3 is 9.47 Å². The molecule has 122 valence electrons. The van der Waals surface area contributed by atoms with E-state index in [1.54, 1.807) is 0 Å². The van der Waals surface area contributed by atoms with Gasteiger partial charge in [-0.2, -0.15) is 0 Å². The average Bonchev–Trinajstić information content (AvgIpc) is 2.49. The quantitative estimate of drug-likeness (QED) is 0.236. The van der Waals surface area contributed by atoms with Gasteiger partial charge in [0, 0.05) is 0 Å². The fourth-order valence-electron chi connectivity index (χ4n) is 2.33. The van der Waals surface area contributed by atoms with Crippen LogP contribution in [-0.4, -0.2) is 25.2 Å². The van der Waals surface area contributed by atoms with Gasteiger partial charge in [-0.25, -0.2) is 0 Å². The predicted molar refractivity (Wildman–Crippen MR) is 83.9 cm³/mol. The van der Waals surface area contributed by atoms with E-state index in [1.165, 1.54) is 6.08 Å². The minimum Gasteiger partial charge on any atom is -0.465 e. The minimum atomic E-state index is -1.15. The van der Waals surface area contributed by atoms with Gasteiger partial charge in [0.15, 0.2) is 5.41 Å². The Hall–Kier alpha value is -1.32. The third-order valence-electron chi connectivity index (χ3n) is 3.43. The van der Waals surface area contributed by atoms with Crippen molar-refractivity contribution in [3.63, 3.8) is 0 Å². The largest absolute Gasteiger partial charge is 0.465 e. The van der Waals surface area contributed by atoms with Crippen LogP contribution in [0.3, 0.4) is 0 Å². The van der Waals surface area contributed by atoms with E-state index in [-0.39, 0.29) is 6.61 Å². The molecule has 0 aliphatic heterocycles. The summed E-state index contributed by atoms with van der Waals surface area (Å²) in [6, 6.07) is 0. The summed E-state index contributed by atoms with van der Waals surface area (Å²) in [7, 11) is 0. The fourth-order valence-corrected chi connectivity index (χ4v) is 2.33. The molecule has 0 saturated heterocycles. The molecule has 0 aliphatic carbocycles. The second-order valence-electron chi connectivity index (χ2n) is 5.31. The number of rotatable bonds is 12. The summed E-state index contributed by atoms with van der Waals surface area (Å²) in [5, 5.41) is 0. The first kappa shape index (κ1) is 19.7. The molecule has 4 heteroatoms. The van der Waals surface area contributed by atoms with Crippen molar-refractivity contribution in [2.45, 2.75) is 65.7 Å². The molecular weight excluding hydrogens is 268 g/mol. The molecule has 0 radical (unpaired) electrons. The molecule has 1 unspecified atom stereocenters. The molecule has 0 bridgehead atoms. The van der Waals surface area contributed by atoms with E-state index in [0.29, 0.717) is 19.4 Å². The van der Waals surface area contributed by atoms with E-state index in [0.717, 1.165) is 32.1 Å². The molecule has 21 heavy (non-hydrogen) atoms. The van der Waals surface area contributed by atoms with Gasteiger partial charge in [0.25, 0.3) is 0 Å². The van der Waals surface area contributed by atoms with Gasteiger partial charge >= 0.3 is 11.9 Å². The normalized spacial score (nSPS) is 13.3. The van der Waals surface area contributed by atoms with Crippen molar-refractivity contribution in [2.75, 3.05) is 13.2 Å². The lowest BCUT2D eigenvalue weighted by Crippen LogP contribution is -2.42. The van der Waals surface area contributed by atoms with E-state index in [1.807, 2.05) is 13.8 Å². The van der Waals surface area contributed by atoms with Crippen molar-refractivity contribution in [1.82, 2.24) is 0 Å². The zero-order chi connectivity index (χ0) is 16.1. The highest BCUT2D eigenvalue weighted by Gasteiger charge is 2.47. The number of carbonyl (C=O) groups excluding carboxylic acids is 2. The SMILES string of the molecule is C=CCOC(=O)C(CCC)(CCCCC)C(=O)OCCC. The molecule has 0 rings (SSSR count). The molecule has 0 fully saturated rings. The monoisotopic (exact) mass is 298 g/mol. The lowest BCUT2D eigenvalue weighted by Gasteiger charge is -2.29. The summed E-state index contributed by atoms with van der Waals surface area (Å²) in [6.45, 7) is 9.98. The smallest absolute Gasteiger partial charge is 0.323 e. The average molecular weight is 298 g/mol. The van der Waals surface area contributed by atoms with E-state index in [2.05, 4.69) is 13.5 Å². The maximum atomic E-state index is 12.5. The summed E-state index contributed by atoms with van der Waals surface area (Å²) in [4.78, 5) is 24.9. The van der Waals surface area contributed by atoms with Crippen molar-refractivity contribution in [2.24, 2.45) is 5.41 Å². The summed E-state index contributed by atoms with van der Waals surface area (Å²) < 4.78 is 10.5. The summed E-state index contributed by atoms with van der Waals surface area (Å²) >= 11 is 0. The summed E-state index contributed by atoms with van der Waals surface area (Å²) in [5.74, 6) is -0.905. The van der Waals surface area contributed by atoms with Crippen LogP contribution in [0.4, 0.5) is 0 Å². The molecule has 0 aliphatic rings.